The van der Waals surface area contributed by atoms with Crippen LogP contribution in [0, 0.1) is 11.8 Å². The fourth-order valence-electron chi connectivity index (χ4n) is 2.58. The fourth-order valence-corrected chi connectivity index (χ4v) is 2.58. The summed E-state index contributed by atoms with van der Waals surface area (Å²) in [6, 6.07) is 0.580. The molecule has 5 heteroatoms. The fraction of sp³-hybridized carbons (Fsp3) is 0.889. The molecule has 1 atom stereocenters. The SMILES string of the molecule is CC(C)[C@H](CCC(N)=O)C(=O)N(C)CCCCCN(C)C(C)C. The molecule has 0 spiro atoms. The van der Waals surface area contributed by atoms with E-state index in [1.807, 2.05) is 25.8 Å². The predicted molar refractivity (Wildman–Crippen MR) is 96.0 cm³/mol. The molecule has 0 radical (unpaired) electrons. The highest BCUT2D eigenvalue weighted by Gasteiger charge is 2.25. The van der Waals surface area contributed by atoms with Gasteiger partial charge in [0.25, 0.3) is 0 Å². The zero-order chi connectivity index (χ0) is 18.0. The van der Waals surface area contributed by atoms with Gasteiger partial charge in [-0.15, -0.1) is 0 Å². The second-order valence-electron chi connectivity index (χ2n) is 7.25. The van der Waals surface area contributed by atoms with Gasteiger partial charge in [-0.2, -0.15) is 0 Å². The highest BCUT2D eigenvalue weighted by atomic mass is 16.2. The van der Waals surface area contributed by atoms with Gasteiger partial charge in [0.05, 0.1) is 0 Å². The van der Waals surface area contributed by atoms with Gasteiger partial charge in [-0.3, -0.25) is 9.59 Å². The van der Waals surface area contributed by atoms with E-state index in [9.17, 15) is 9.59 Å². The van der Waals surface area contributed by atoms with Gasteiger partial charge in [-0.1, -0.05) is 20.3 Å². The molecule has 2 amide bonds. The molecule has 0 aromatic heterocycles. The number of primary amides is 1. The Morgan fingerprint density at radius 2 is 1.52 bits per heavy atom. The van der Waals surface area contributed by atoms with E-state index in [0.717, 1.165) is 32.4 Å². The Hall–Kier alpha value is -1.10. The summed E-state index contributed by atoms with van der Waals surface area (Å²) < 4.78 is 0. The molecule has 0 aliphatic carbocycles. The molecule has 0 saturated carbocycles. The van der Waals surface area contributed by atoms with E-state index in [2.05, 4.69) is 25.8 Å². The first-order valence-corrected chi connectivity index (χ1v) is 8.90. The van der Waals surface area contributed by atoms with Gasteiger partial charge in [0.15, 0.2) is 0 Å². The lowest BCUT2D eigenvalue weighted by atomic mass is 9.89. The van der Waals surface area contributed by atoms with E-state index in [1.165, 1.54) is 0 Å². The Labute approximate surface area is 142 Å². The van der Waals surface area contributed by atoms with Crippen LogP contribution in [0.5, 0.6) is 0 Å². The molecule has 23 heavy (non-hydrogen) atoms. The smallest absolute Gasteiger partial charge is 0.225 e. The second-order valence-corrected chi connectivity index (χ2v) is 7.25. The number of rotatable bonds is 12. The Morgan fingerprint density at radius 1 is 0.957 bits per heavy atom. The molecule has 0 aromatic rings. The summed E-state index contributed by atoms with van der Waals surface area (Å²) in [7, 11) is 4.01. The summed E-state index contributed by atoms with van der Waals surface area (Å²) in [6.07, 6.45) is 4.14. The van der Waals surface area contributed by atoms with Crippen molar-refractivity contribution in [2.75, 3.05) is 27.2 Å². The standard InChI is InChI=1S/C18H37N3O2/c1-14(2)16(10-11-17(19)22)18(23)21(6)13-9-7-8-12-20(5)15(3)4/h14-16H,7-13H2,1-6H3,(H2,19,22)/t16-/m0/s1. The maximum atomic E-state index is 12.5. The molecular weight excluding hydrogens is 290 g/mol. The molecule has 136 valence electrons. The molecule has 0 aliphatic heterocycles. The van der Waals surface area contributed by atoms with Crippen LogP contribution in [0.25, 0.3) is 0 Å². The van der Waals surface area contributed by atoms with Gasteiger partial charge < -0.3 is 15.5 Å². The summed E-state index contributed by atoms with van der Waals surface area (Å²) in [4.78, 5) is 27.6. The number of nitrogens with zero attached hydrogens (tertiary/aromatic N) is 2. The molecule has 0 saturated heterocycles. The number of carbonyl (C=O) groups is 2. The first kappa shape index (κ1) is 21.9. The lowest BCUT2D eigenvalue weighted by Crippen LogP contribution is -2.36. The molecule has 0 fully saturated rings. The topological polar surface area (TPSA) is 66.6 Å². The molecule has 0 heterocycles. The van der Waals surface area contributed by atoms with Crippen LogP contribution in [0.4, 0.5) is 0 Å². The van der Waals surface area contributed by atoms with Gasteiger partial charge >= 0.3 is 0 Å². The minimum atomic E-state index is -0.333. The van der Waals surface area contributed by atoms with Crippen LogP contribution in [0.15, 0.2) is 0 Å². The number of hydrogen-bond donors (Lipinski definition) is 1. The third-order valence-corrected chi connectivity index (χ3v) is 4.59. The molecular formula is C18H37N3O2. The van der Waals surface area contributed by atoms with Crippen LogP contribution < -0.4 is 5.73 Å². The maximum Gasteiger partial charge on any atom is 0.225 e. The summed E-state index contributed by atoms with van der Waals surface area (Å²) in [5.41, 5.74) is 5.21. The second kappa shape index (κ2) is 11.4. The van der Waals surface area contributed by atoms with E-state index < -0.39 is 0 Å². The van der Waals surface area contributed by atoms with Crippen LogP contribution in [-0.4, -0.2) is 54.8 Å². The van der Waals surface area contributed by atoms with Crippen molar-refractivity contribution in [2.45, 2.75) is 65.8 Å². The Morgan fingerprint density at radius 3 is 2.00 bits per heavy atom. The zero-order valence-electron chi connectivity index (χ0n) is 16.0. The van der Waals surface area contributed by atoms with E-state index in [1.54, 1.807) is 0 Å². The first-order chi connectivity index (χ1) is 10.7. The third kappa shape index (κ3) is 9.59. The maximum absolute atomic E-state index is 12.5. The highest BCUT2D eigenvalue weighted by Crippen LogP contribution is 2.20. The van der Waals surface area contributed by atoms with E-state index in [-0.39, 0.29) is 30.1 Å². The van der Waals surface area contributed by atoms with Crippen molar-refractivity contribution >= 4 is 11.8 Å². The van der Waals surface area contributed by atoms with Gasteiger partial charge in [-0.25, -0.2) is 0 Å². The van der Waals surface area contributed by atoms with Crippen LogP contribution >= 0.6 is 0 Å². The molecule has 2 N–H and O–H groups in total. The van der Waals surface area contributed by atoms with E-state index >= 15 is 0 Å². The zero-order valence-corrected chi connectivity index (χ0v) is 16.0. The lowest BCUT2D eigenvalue weighted by molar-refractivity contribution is -0.136. The third-order valence-electron chi connectivity index (χ3n) is 4.59. The monoisotopic (exact) mass is 327 g/mol. The van der Waals surface area contributed by atoms with Crippen molar-refractivity contribution in [3.8, 4) is 0 Å². The van der Waals surface area contributed by atoms with Crippen molar-refractivity contribution < 1.29 is 9.59 Å². The number of unbranched alkanes of at least 4 members (excludes halogenated alkanes) is 2. The van der Waals surface area contributed by atoms with Crippen LogP contribution in [-0.2, 0) is 9.59 Å². The molecule has 5 nitrogen and oxygen atoms in total. The lowest BCUT2D eigenvalue weighted by Gasteiger charge is -2.26. The Kier molecular flexibility index (Phi) is 10.9. The van der Waals surface area contributed by atoms with Crippen molar-refractivity contribution in [3.05, 3.63) is 0 Å². The van der Waals surface area contributed by atoms with Crippen molar-refractivity contribution in [1.82, 2.24) is 9.80 Å². The quantitative estimate of drug-likeness (QED) is 0.560. The molecule has 0 aromatic carbocycles. The van der Waals surface area contributed by atoms with Gasteiger partial charge in [-0.05, 0) is 52.6 Å². The summed E-state index contributed by atoms with van der Waals surface area (Å²) in [6.45, 7) is 10.3. The van der Waals surface area contributed by atoms with Crippen molar-refractivity contribution in [3.63, 3.8) is 0 Å². The first-order valence-electron chi connectivity index (χ1n) is 8.90. The van der Waals surface area contributed by atoms with Crippen molar-refractivity contribution in [1.29, 1.82) is 0 Å². The van der Waals surface area contributed by atoms with Gasteiger partial charge in [0.2, 0.25) is 11.8 Å². The highest BCUT2D eigenvalue weighted by molar-refractivity contribution is 5.80. The number of nitrogens with two attached hydrogens (primary N) is 1. The molecule has 0 rings (SSSR count). The molecule has 0 unspecified atom stereocenters. The minimum absolute atomic E-state index is 0.112. The number of carbonyl (C=O) groups excluding carboxylic acids is 2. The van der Waals surface area contributed by atoms with Crippen molar-refractivity contribution in [2.24, 2.45) is 17.6 Å². The normalized spacial score (nSPS) is 12.9. The van der Waals surface area contributed by atoms with Gasteiger partial charge in [0.1, 0.15) is 0 Å². The summed E-state index contributed by atoms with van der Waals surface area (Å²) >= 11 is 0. The van der Waals surface area contributed by atoms with Crippen LogP contribution in [0.1, 0.15) is 59.8 Å². The van der Waals surface area contributed by atoms with Crippen LogP contribution in [0.3, 0.4) is 0 Å². The van der Waals surface area contributed by atoms with E-state index in [0.29, 0.717) is 12.5 Å². The number of hydrogen-bond acceptors (Lipinski definition) is 3. The molecule has 0 bridgehead atoms. The number of amides is 2. The Bertz CT molecular complexity index is 356. The minimum Gasteiger partial charge on any atom is -0.370 e. The summed E-state index contributed by atoms with van der Waals surface area (Å²) in [5.74, 6) is -0.0792. The predicted octanol–water partition coefficient (Wildman–Crippen LogP) is 2.49. The summed E-state index contributed by atoms with van der Waals surface area (Å²) in [5, 5.41) is 0. The van der Waals surface area contributed by atoms with Gasteiger partial charge in [0, 0.05) is 32.0 Å². The van der Waals surface area contributed by atoms with Crippen LogP contribution in [0.2, 0.25) is 0 Å². The average Bonchev–Trinajstić information content (AvgIpc) is 2.45. The largest absolute Gasteiger partial charge is 0.370 e. The Balaban J connectivity index is 4.13. The average molecular weight is 328 g/mol. The molecule has 0 aliphatic rings. The van der Waals surface area contributed by atoms with E-state index in [4.69, 9.17) is 5.73 Å².